The van der Waals surface area contributed by atoms with E-state index in [0.29, 0.717) is 5.56 Å². The second-order valence-electron chi connectivity index (χ2n) is 8.60. The molecule has 0 spiro atoms. The highest BCUT2D eigenvalue weighted by Gasteiger charge is 2.35. The molecule has 0 saturated carbocycles. The SMILES string of the molecule is Cc1ccc(C2CCNC2=O)cc1C1CC(C)(C)c2cc(C(=O)O)ccc2N1. The maximum absolute atomic E-state index is 12.1. The maximum atomic E-state index is 12.1. The van der Waals surface area contributed by atoms with Crippen LogP contribution in [-0.2, 0) is 10.2 Å². The fraction of sp³-hybridized carbons (Fsp3) is 0.391. The zero-order valence-corrected chi connectivity index (χ0v) is 16.5. The van der Waals surface area contributed by atoms with Gasteiger partial charge >= 0.3 is 5.97 Å². The van der Waals surface area contributed by atoms with E-state index >= 15 is 0 Å². The molecular formula is C23H26N2O3. The van der Waals surface area contributed by atoms with Gasteiger partial charge in [-0.1, -0.05) is 32.0 Å². The summed E-state index contributed by atoms with van der Waals surface area (Å²) in [5.41, 5.74) is 5.64. The average Bonchev–Trinajstić information content (AvgIpc) is 3.07. The first kappa shape index (κ1) is 18.5. The van der Waals surface area contributed by atoms with Gasteiger partial charge in [0.05, 0.1) is 17.5 Å². The Labute approximate surface area is 165 Å². The molecular weight excluding hydrogens is 352 g/mol. The van der Waals surface area contributed by atoms with Crippen LogP contribution in [0.3, 0.4) is 0 Å². The van der Waals surface area contributed by atoms with Crippen LogP contribution in [0.4, 0.5) is 5.69 Å². The zero-order chi connectivity index (χ0) is 20.1. The summed E-state index contributed by atoms with van der Waals surface area (Å²) in [6.07, 6.45) is 1.69. The zero-order valence-electron chi connectivity index (χ0n) is 16.5. The number of benzene rings is 2. The third-order valence-electron chi connectivity index (χ3n) is 6.17. The third kappa shape index (κ3) is 3.15. The number of rotatable bonds is 3. The molecule has 0 aromatic heterocycles. The predicted octanol–water partition coefficient (Wildman–Crippen LogP) is 4.13. The first-order chi connectivity index (χ1) is 13.3. The topological polar surface area (TPSA) is 78.4 Å². The number of fused-ring (bicyclic) bond motifs is 1. The summed E-state index contributed by atoms with van der Waals surface area (Å²) in [6, 6.07) is 11.8. The van der Waals surface area contributed by atoms with Crippen LogP contribution in [-0.4, -0.2) is 23.5 Å². The number of anilines is 1. The van der Waals surface area contributed by atoms with Crippen LogP contribution in [0.1, 0.15) is 71.3 Å². The average molecular weight is 378 g/mol. The Morgan fingerprint density at radius 3 is 2.64 bits per heavy atom. The Balaban J connectivity index is 1.71. The number of hydrogen-bond acceptors (Lipinski definition) is 3. The van der Waals surface area contributed by atoms with E-state index < -0.39 is 5.97 Å². The highest BCUT2D eigenvalue weighted by Crippen LogP contribution is 2.45. The predicted molar refractivity (Wildman–Crippen MR) is 109 cm³/mol. The molecule has 0 aliphatic carbocycles. The molecule has 5 heteroatoms. The lowest BCUT2D eigenvalue weighted by atomic mass is 9.73. The summed E-state index contributed by atoms with van der Waals surface area (Å²) in [7, 11) is 0. The second kappa shape index (κ2) is 6.66. The number of aryl methyl sites for hydroxylation is 1. The van der Waals surface area contributed by atoms with Gasteiger partial charge in [-0.15, -0.1) is 0 Å². The van der Waals surface area contributed by atoms with Crippen molar-refractivity contribution < 1.29 is 14.7 Å². The molecule has 0 bridgehead atoms. The van der Waals surface area contributed by atoms with Gasteiger partial charge in [-0.05, 0) is 65.6 Å². The van der Waals surface area contributed by atoms with Crippen LogP contribution in [0.2, 0.25) is 0 Å². The molecule has 4 rings (SSSR count). The minimum absolute atomic E-state index is 0.0682. The highest BCUT2D eigenvalue weighted by molar-refractivity contribution is 5.89. The van der Waals surface area contributed by atoms with Crippen molar-refractivity contribution in [3.63, 3.8) is 0 Å². The number of carbonyl (C=O) groups is 2. The van der Waals surface area contributed by atoms with Crippen LogP contribution < -0.4 is 10.6 Å². The molecule has 5 nitrogen and oxygen atoms in total. The molecule has 2 atom stereocenters. The highest BCUT2D eigenvalue weighted by atomic mass is 16.4. The van der Waals surface area contributed by atoms with Gasteiger partial charge in [-0.25, -0.2) is 4.79 Å². The molecule has 2 aliphatic rings. The van der Waals surface area contributed by atoms with Crippen LogP contribution >= 0.6 is 0 Å². The lowest BCUT2D eigenvalue weighted by molar-refractivity contribution is -0.120. The van der Waals surface area contributed by atoms with Crippen molar-refractivity contribution in [1.29, 1.82) is 0 Å². The first-order valence-electron chi connectivity index (χ1n) is 9.79. The Morgan fingerprint density at radius 2 is 1.96 bits per heavy atom. The molecule has 28 heavy (non-hydrogen) atoms. The molecule has 1 saturated heterocycles. The number of hydrogen-bond donors (Lipinski definition) is 3. The van der Waals surface area contributed by atoms with Crippen molar-refractivity contribution in [1.82, 2.24) is 5.32 Å². The van der Waals surface area contributed by atoms with E-state index in [1.54, 1.807) is 12.1 Å². The summed E-state index contributed by atoms with van der Waals surface area (Å²) >= 11 is 0. The van der Waals surface area contributed by atoms with Crippen LogP contribution in [0, 0.1) is 6.92 Å². The van der Waals surface area contributed by atoms with Crippen molar-refractivity contribution in [3.05, 3.63) is 64.2 Å². The summed E-state index contributed by atoms with van der Waals surface area (Å²) in [5.74, 6) is -0.862. The molecule has 3 N–H and O–H groups in total. The van der Waals surface area contributed by atoms with Crippen molar-refractivity contribution >= 4 is 17.6 Å². The second-order valence-corrected chi connectivity index (χ2v) is 8.60. The summed E-state index contributed by atoms with van der Waals surface area (Å²) < 4.78 is 0. The van der Waals surface area contributed by atoms with Gasteiger partial charge in [-0.3, -0.25) is 4.79 Å². The molecule has 1 fully saturated rings. The largest absolute Gasteiger partial charge is 0.478 e. The van der Waals surface area contributed by atoms with Gasteiger partial charge in [0.25, 0.3) is 0 Å². The van der Waals surface area contributed by atoms with Crippen LogP contribution in [0.5, 0.6) is 0 Å². The summed E-state index contributed by atoms with van der Waals surface area (Å²) in [6.45, 7) is 7.16. The van der Waals surface area contributed by atoms with Gasteiger partial charge in [-0.2, -0.15) is 0 Å². The summed E-state index contributed by atoms with van der Waals surface area (Å²) in [5, 5.41) is 15.9. The number of amides is 1. The normalized spacial score (nSPS) is 22.9. The molecule has 2 aromatic carbocycles. The minimum atomic E-state index is -0.904. The van der Waals surface area contributed by atoms with Crippen molar-refractivity contribution in [3.8, 4) is 0 Å². The smallest absolute Gasteiger partial charge is 0.335 e. The van der Waals surface area contributed by atoms with Gasteiger partial charge in [0.1, 0.15) is 0 Å². The van der Waals surface area contributed by atoms with Crippen molar-refractivity contribution in [2.75, 3.05) is 11.9 Å². The van der Waals surface area contributed by atoms with E-state index in [-0.39, 0.29) is 23.3 Å². The van der Waals surface area contributed by atoms with Crippen molar-refractivity contribution in [2.45, 2.75) is 51.0 Å². The number of nitrogens with one attached hydrogen (secondary N) is 2. The standard InChI is InChI=1S/C23H26N2O3/c1-13-4-5-14(16-8-9-24-21(16)26)10-17(13)20-12-23(2,3)18-11-15(22(27)28)6-7-19(18)25-20/h4-7,10-11,16,20,25H,8-9,12H2,1-3H3,(H,24,26)(H,27,28). The summed E-state index contributed by atoms with van der Waals surface area (Å²) in [4.78, 5) is 23.5. The molecule has 1 amide bonds. The van der Waals surface area contributed by atoms with E-state index in [0.717, 1.165) is 36.2 Å². The Morgan fingerprint density at radius 1 is 1.18 bits per heavy atom. The van der Waals surface area contributed by atoms with Gasteiger partial charge in [0.2, 0.25) is 5.91 Å². The van der Waals surface area contributed by atoms with E-state index in [2.05, 4.69) is 49.6 Å². The Hall–Kier alpha value is -2.82. The van der Waals surface area contributed by atoms with E-state index in [1.807, 2.05) is 6.07 Å². The van der Waals surface area contributed by atoms with Gasteiger partial charge in [0, 0.05) is 12.2 Å². The number of aromatic carboxylic acids is 1. The lowest BCUT2D eigenvalue weighted by Crippen LogP contribution is -2.32. The molecule has 2 aromatic rings. The molecule has 0 radical (unpaired) electrons. The van der Waals surface area contributed by atoms with E-state index in [4.69, 9.17) is 0 Å². The Kier molecular flexibility index (Phi) is 4.41. The number of carboxylic acid groups (broad SMARTS) is 1. The minimum Gasteiger partial charge on any atom is -0.478 e. The number of carbonyl (C=O) groups excluding carboxylic acids is 1. The monoisotopic (exact) mass is 378 g/mol. The molecule has 2 aliphatic heterocycles. The van der Waals surface area contributed by atoms with Gasteiger partial charge < -0.3 is 15.7 Å². The third-order valence-corrected chi connectivity index (χ3v) is 6.17. The molecule has 2 unspecified atom stereocenters. The maximum Gasteiger partial charge on any atom is 0.335 e. The fourth-order valence-corrected chi connectivity index (χ4v) is 4.57. The quantitative estimate of drug-likeness (QED) is 0.750. The van der Waals surface area contributed by atoms with E-state index in [1.165, 1.54) is 11.1 Å². The Bertz CT molecular complexity index is 964. The van der Waals surface area contributed by atoms with Gasteiger partial charge in [0.15, 0.2) is 0 Å². The van der Waals surface area contributed by atoms with Crippen molar-refractivity contribution in [2.24, 2.45) is 0 Å². The fourth-order valence-electron chi connectivity index (χ4n) is 4.57. The molecule has 146 valence electrons. The van der Waals surface area contributed by atoms with E-state index in [9.17, 15) is 14.7 Å². The lowest BCUT2D eigenvalue weighted by Gasteiger charge is -2.39. The number of carboxylic acids is 1. The first-order valence-corrected chi connectivity index (χ1v) is 9.79. The van der Waals surface area contributed by atoms with Crippen LogP contribution in [0.15, 0.2) is 36.4 Å². The molecule has 2 heterocycles. The van der Waals surface area contributed by atoms with Crippen LogP contribution in [0.25, 0.3) is 0 Å².